The summed E-state index contributed by atoms with van der Waals surface area (Å²) < 4.78 is 7.26. The highest BCUT2D eigenvalue weighted by molar-refractivity contribution is 6.13. The molecule has 2 aliphatic rings. The topological polar surface area (TPSA) is 142 Å². The van der Waals surface area contributed by atoms with E-state index in [1.54, 1.807) is 22.8 Å². The summed E-state index contributed by atoms with van der Waals surface area (Å²) in [6.45, 7) is 1.04. The van der Waals surface area contributed by atoms with Gasteiger partial charge in [-0.3, -0.25) is 0 Å². The third-order valence-electron chi connectivity index (χ3n) is 4.62. The quantitative estimate of drug-likeness (QED) is 0.520. The number of ether oxygens (including phenoxy) is 1. The molecule has 4 heterocycles. The van der Waals surface area contributed by atoms with Crippen LogP contribution in [0.3, 0.4) is 0 Å². The zero-order chi connectivity index (χ0) is 17.2. The maximum atomic E-state index is 10.7. The van der Waals surface area contributed by atoms with E-state index in [-0.39, 0.29) is 0 Å². The number of rotatable bonds is 2. The number of aliphatic hydroxyl groups excluding tert-OH is 2. The van der Waals surface area contributed by atoms with Gasteiger partial charge in [-0.2, -0.15) is 5.10 Å². The van der Waals surface area contributed by atoms with Gasteiger partial charge in [0.15, 0.2) is 17.9 Å². The Bertz CT molecular complexity index is 847. The van der Waals surface area contributed by atoms with Gasteiger partial charge in [-0.15, -0.1) is 0 Å². The van der Waals surface area contributed by atoms with Crippen molar-refractivity contribution in [3.8, 4) is 0 Å². The van der Waals surface area contributed by atoms with Crippen LogP contribution in [0.5, 0.6) is 0 Å². The molecule has 0 saturated carbocycles. The summed E-state index contributed by atoms with van der Waals surface area (Å²) >= 11 is 0. The molecule has 0 aliphatic carbocycles. The Balaban J connectivity index is 1.93. The zero-order valence-electron chi connectivity index (χ0n) is 13.2. The van der Waals surface area contributed by atoms with Gasteiger partial charge in [0, 0.05) is 18.8 Å². The fraction of sp³-hybridized carbons (Fsp3) is 0.500. The molecule has 0 bridgehead atoms. The van der Waals surface area contributed by atoms with E-state index in [4.69, 9.17) is 10.5 Å². The highest BCUT2D eigenvalue weighted by atomic mass is 16.6. The standard InChI is InChI=1S/C14H18N6O4/c1-14(23)9(22)7(4-21)24-13(14)20-3-6-8-11(16-5-17-12(8)20)19(2)18-10(6)15/h3,5,7,9,13,21-23H,4H2,1-2H3,(H2,15,18)/t7-,9-,13-,14-/m1/s1. The Hall–Kier alpha value is -2.27. The fourth-order valence-corrected chi connectivity index (χ4v) is 3.34. The van der Waals surface area contributed by atoms with E-state index in [1.165, 1.54) is 13.3 Å². The normalized spacial score (nSPS) is 32.5. The van der Waals surface area contributed by atoms with Crippen LogP contribution in [0.2, 0.25) is 0 Å². The number of hydrogen-bond acceptors (Lipinski definition) is 9. The van der Waals surface area contributed by atoms with Crippen molar-refractivity contribution in [2.45, 2.75) is 31.0 Å². The van der Waals surface area contributed by atoms with Crippen molar-refractivity contribution in [3.05, 3.63) is 18.1 Å². The second kappa shape index (κ2) is 4.86. The lowest BCUT2D eigenvalue weighted by Gasteiger charge is -2.27. The molecule has 1 fully saturated rings. The van der Waals surface area contributed by atoms with Crippen LogP contribution in [0, 0.1) is 0 Å². The van der Waals surface area contributed by atoms with E-state index < -0.39 is 30.6 Å². The first-order valence-electron chi connectivity index (χ1n) is 7.46. The summed E-state index contributed by atoms with van der Waals surface area (Å²) in [6, 6.07) is 0. The maximum Gasteiger partial charge on any atom is 0.167 e. The minimum absolute atomic E-state index is 0.292. The first-order valence-corrected chi connectivity index (χ1v) is 7.46. The van der Waals surface area contributed by atoms with Gasteiger partial charge < -0.3 is 30.4 Å². The third-order valence-corrected chi connectivity index (χ3v) is 4.62. The molecule has 10 nitrogen and oxygen atoms in total. The monoisotopic (exact) mass is 334 g/mol. The van der Waals surface area contributed by atoms with Crippen molar-refractivity contribution in [2.24, 2.45) is 10.8 Å². The van der Waals surface area contributed by atoms with Crippen LogP contribution >= 0.6 is 0 Å². The maximum absolute atomic E-state index is 10.7. The van der Waals surface area contributed by atoms with Crippen LogP contribution in [0.15, 0.2) is 17.6 Å². The Labute approximate surface area is 136 Å². The Morgan fingerprint density at radius 2 is 2.17 bits per heavy atom. The highest BCUT2D eigenvalue weighted by Crippen LogP contribution is 2.41. The van der Waals surface area contributed by atoms with Crippen LogP contribution in [0.4, 0.5) is 5.82 Å². The molecule has 2 aliphatic heterocycles. The third kappa shape index (κ3) is 1.82. The van der Waals surface area contributed by atoms with E-state index >= 15 is 0 Å². The molecule has 0 aromatic carbocycles. The van der Waals surface area contributed by atoms with E-state index in [0.29, 0.717) is 28.3 Å². The van der Waals surface area contributed by atoms with Gasteiger partial charge in [-0.25, -0.2) is 15.0 Å². The fourth-order valence-electron chi connectivity index (χ4n) is 3.34. The summed E-state index contributed by atoms with van der Waals surface area (Å²) in [5.74, 6) is 0.875. The minimum Gasteiger partial charge on any atom is -0.394 e. The average molecular weight is 334 g/mol. The Morgan fingerprint density at radius 1 is 1.42 bits per heavy atom. The SMILES string of the molecule is CN1N=C(N)c2cn([C@@H]3O[C@H](CO)[C@@H](O)[C@@]3(C)O)c3ncnc1c23. The number of hydrazone groups is 1. The second-order valence-corrected chi connectivity index (χ2v) is 6.23. The van der Waals surface area contributed by atoms with E-state index in [9.17, 15) is 15.3 Å². The molecular formula is C14H18N6O4. The number of anilines is 1. The molecule has 128 valence electrons. The number of hydrogen-bond donors (Lipinski definition) is 4. The summed E-state index contributed by atoms with van der Waals surface area (Å²) in [5.41, 5.74) is 5.51. The minimum atomic E-state index is -1.62. The molecule has 2 aromatic heterocycles. The molecular weight excluding hydrogens is 316 g/mol. The first kappa shape index (κ1) is 15.3. The van der Waals surface area contributed by atoms with Crippen molar-refractivity contribution in [2.75, 3.05) is 18.7 Å². The largest absolute Gasteiger partial charge is 0.394 e. The van der Waals surface area contributed by atoms with Gasteiger partial charge in [0.2, 0.25) is 0 Å². The lowest BCUT2D eigenvalue weighted by atomic mass is 9.96. The number of aliphatic hydroxyl groups is 3. The molecule has 5 N–H and O–H groups in total. The summed E-state index contributed by atoms with van der Waals surface area (Å²) in [4.78, 5) is 8.50. The predicted octanol–water partition coefficient (Wildman–Crippen LogP) is -1.50. The van der Waals surface area contributed by atoms with Crippen molar-refractivity contribution in [3.63, 3.8) is 0 Å². The molecule has 0 radical (unpaired) electrons. The number of nitrogens with zero attached hydrogens (tertiary/aromatic N) is 5. The predicted molar refractivity (Wildman–Crippen MR) is 84.3 cm³/mol. The van der Waals surface area contributed by atoms with Crippen LogP contribution in [-0.4, -0.2) is 67.2 Å². The van der Waals surface area contributed by atoms with Gasteiger partial charge in [0.25, 0.3) is 0 Å². The molecule has 0 spiro atoms. The first-order chi connectivity index (χ1) is 11.4. The molecule has 0 amide bonds. The van der Waals surface area contributed by atoms with E-state index in [1.807, 2.05) is 0 Å². The Morgan fingerprint density at radius 3 is 2.83 bits per heavy atom. The van der Waals surface area contributed by atoms with Crippen molar-refractivity contribution >= 4 is 22.7 Å². The molecule has 2 aromatic rings. The Kier molecular flexibility index (Phi) is 3.09. The van der Waals surface area contributed by atoms with Gasteiger partial charge in [0.05, 0.1) is 12.0 Å². The number of amidine groups is 1. The number of aromatic nitrogens is 3. The van der Waals surface area contributed by atoms with Crippen LogP contribution in [0.1, 0.15) is 18.7 Å². The lowest BCUT2D eigenvalue weighted by molar-refractivity contribution is -0.0948. The van der Waals surface area contributed by atoms with Crippen molar-refractivity contribution in [1.82, 2.24) is 14.5 Å². The summed E-state index contributed by atoms with van der Waals surface area (Å²) in [5, 5.41) is 36.7. The zero-order valence-corrected chi connectivity index (χ0v) is 13.2. The molecule has 4 rings (SSSR count). The molecule has 1 saturated heterocycles. The van der Waals surface area contributed by atoms with Crippen LogP contribution in [-0.2, 0) is 4.74 Å². The second-order valence-electron chi connectivity index (χ2n) is 6.23. The van der Waals surface area contributed by atoms with Gasteiger partial charge in [-0.1, -0.05) is 0 Å². The van der Waals surface area contributed by atoms with E-state index in [0.717, 1.165) is 0 Å². The summed E-state index contributed by atoms with van der Waals surface area (Å²) in [7, 11) is 1.72. The number of nitrogens with two attached hydrogens (primary N) is 1. The van der Waals surface area contributed by atoms with Gasteiger partial charge in [-0.05, 0) is 6.92 Å². The lowest BCUT2D eigenvalue weighted by Crippen LogP contribution is -2.44. The van der Waals surface area contributed by atoms with Crippen LogP contribution < -0.4 is 10.7 Å². The van der Waals surface area contributed by atoms with Crippen LogP contribution in [0.25, 0.3) is 11.0 Å². The van der Waals surface area contributed by atoms with Crippen molar-refractivity contribution < 1.29 is 20.1 Å². The molecule has 0 unspecified atom stereocenters. The van der Waals surface area contributed by atoms with Crippen molar-refractivity contribution in [1.29, 1.82) is 0 Å². The smallest absolute Gasteiger partial charge is 0.167 e. The van der Waals surface area contributed by atoms with Gasteiger partial charge >= 0.3 is 0 Å². The molecule has 24 heavy (non-hydrogen) atoms. The molecule has 4 atom stereocenters. The van der Waals surface area contributed by atoms with E-state index in [2.05, 4.69) is 15.1 Å². The highest BCUT2D eigenvalue weighted by Gasteiger charge is 2.53. The average Bonchev–Trinajstić information content (AvgIpc) is 3.03. The molecule has 10 heteroatoms. The summed E-state index contributed by atoms with van der Waals surface area (Å²) in [6.07, 6.45) is -0.0329. The van der Waals surface area contributed by atoms with Gasteiger partial charge in [0.1, 0.15) is 29.8 Å².